The molecule has 0 bridgehead atoms. The zero-order chi connectivity index (χ0) is 13.0. The Morgan fingerprint density at radius 1 is 1.56 bits per heavy atom. The number of amides is 1. The quantitative estimate of drug-likeness (QED) is 0.776. The molecular formula is C12H15N3O2S. The zero-order valence-corrected chi connectivity index (χ0v) is 10.9. The number of nitrogens with one attached hydrogen (secondary N) is 1. The number of nitrogens with zero attached hydrogens (tertiary/aromatic N) is 1. The predicted molar refractivity (Wildman–Crippen MR) is 72.9 cm³/mol. The average Bonchev–Trinajstić information content (AvgIpc) is 2.70. The minimum atomic E-state index is -0.453. The number of anilines is 1. The van der Waals surface area contributed by atoms with E-state index in [1.165, 1.54) is 5.56 Å². The number of hydrogen-bond donors (Lipinski definition) is 2. The number of nitrogens with two attached hydrogens (primary N) is 1. The molecular weight excluding hydrogens is 250 g/mol. The third-order valence-electron chi connectivity index (χ3n) is 2.31. The summed E-state index contributed by atoms with van der Waals surface area (Å²) < 4.78 is 6.21. The average molecular weight is 265 g/mol. The van der Waals surface area contributed by atoms with Gasteiger partial charge in [-0.25, -0.2) is 4.98 Å². The second-order valence-electron chi connectivity index (χ2n) is 3.94. The van der Waals surface area contributed by atoms with Crippen molar-refractivity contribution in [3.8, 4) is 0 Å². The first-order valence-electron chi connectivity index (χ1n) is 5.62. The molecule has 1 heterocycles. The van der Waals surface area contributed by atoms with Gasteiger partial charge < -0.3 is 15.8 Å². The number of aryl methyl sites for hydroxylation is 1. The number of benzene rings is 1. The first-order chi connectivity index (χ1) is 8.65. The molecule has 0 aliphatic heterocycles. The summed E-state index contributed by atoms with van der Waals surface area (Å²) in [7, 11) is 0. The summed E-state index contributed by atoms with van der Waals surface area (Å²) in [6.45, 7) is 3.05. The summed E-state index contributed by atoms with van der Waals surface area (Å²) in [5.74, 6) is -0.453. The minimum absolute atomic E-state index is 0.0410. The lowest BCUT2D eigenvalue weighted by atomic mass is 10.2. The standard InChI is InChI=1S/C12H15N3O2S/c1-8-2-3-9-10(6-8)18-12(15-9)14-4-5-17-7-11(13)16/h2-3,6H,4-5,7H2,1H3,(H2,13,16)(H,14,15). The Morgan fingerprint density at radius 3 is 3.17 bits per heavy atom. The Hall–Kier alpha value is -1.66. The van der Waals surface area contributed by atoms with Gasteiger partial charge in [-0.1, -0.05) is 17.4 Å². The fourth-order valence-corrected chi connectivity index (χ4v) is 2.50. The molecule has 2 rings (SSSR count). The van der Waals surface area contributed by atoms with Gasteiger partial charge in [-0.3, -0.25) is 4.79 Å². The van der Waals surface area contributed by atoms with Gasteiger partial charge in [0.15, 0.2) is 5.13 Å². The molecule has 0 unspecified atom stereocenters. The minimum Gasteiger partial charge on any atom is -0.370 e. The summed E-state index contributed by atoms with van der Waals surface area (Å²) >= 11 is 1.61. The van der Waals surface area contributed by atoms with Gasteiger partial charge in [0.05, 0.1) is 16.8 Å². The highest BCUT2D eigenvalue weighted by molar-refractivity contribution is 7.22. The van der Waals surface area contributed by atoms with Gasteiger partial charge in [0.25, 0.3) is 0 Å². The highest BCUT2D eigenvalue weighted by atomic mass is 32.1. The van der Waals surface area contributed by atoms with Crippen molar-refractivity contribution in [3.63, 3.8) is 0 Å². The number of thiazole rings is 1. The van der Waals surface area contributed by atoms with Gasteiger partial charge in [-0.2, -0.15) is 0 Å². The van der Waals surface area contributed by atoms with E-state index in [-0.39, 0.29) is 6.61 Å². The van der Waals surface area contributed by atoms with Gasteiger partial charge in [0, 0.05) is 6.54 Å². The second-order valence-corrected chi connectivity index (χ2v) is 4.97. The lowest BCUT2D eigenvalue weighted by Crippen LogP contribution is -2.20. The zero-order valence-electron chi connectivity index (χ0n) is 10.1. The number of hydrogen-bond acceptors (Lipinski definition) is 5. The summed E-state index contributed by atoms with van der Waals surface area (Å²) in [6, 6.07) is 6.17. The van der Waals surface area contributed by atoms with Crippen LogP contribution in [0.1, 0.15) is 5.56 Å². The SMILES string of the molecule is Cc1ccc2nc(NCCOCC(N)=O)sc2c1. The fourth-order valence-electron chi connectivity index (χ4n) is 1.51. The van der Waals surface area contributed by atoms with Crippen LogP contribution in [0, 0.1) is 6.92 Å². The van der Waals surface area contributed by atoms with E-state index in [9.17, 15) is 4.79 Å². The molecule has 0 aliphatic carbocycles. The van der Waals surface area contributed by atoms with Crippen LogP contribution in [-0.4, -0.2) is 30.6 Å². The van der Waals surface area contributed by atoms with E-state index >= 15 is 0 Å². The molecule has 0 radical (unpaired) electrons. The number of ether oxygens (including phenoxy) is 1. The van der Waals surface area contributed by atoms with Crippen LogP contribution in [0.25, 0.3) is 10.2 Å². The first kappa shape index (κ1) is 12.8. The Kier molecular flexibility index (Phi) is 4.11. The molecule has 0 saturated heterocycles. The predicted octanol–water partition coefficient (Wildman–Crippen LogP) is 1.52. The maximum atomic E-state index is 10.4. The van der Waals surface area contributed by atoms with E-state index in [1.807, 2.05) is 12.1 Å². The van der Waals surface area contributed by atoms with Crippen LogP contribution in [0.4, 0.5) is 5.13 Å². The molecule has 0 aliphatic rings. The largest absolute Gasteiger partial charge is 0.370 e. The van der Waals surface area contributed by atoms with Crippen LogP contribution >= 0.6 is 11.3 Å². The molecule has 5 nitrogen and oxygen atoms in total. The van der Waals surface area contributed by atoms with Crippen molar-refractivity contribution < 1.29 is 9.53 Å². The molecule has 0 saturated carbocycles. The van der Waals surface area contributed by atoms with Gasteiger partial charge in [0.2, 0.25) is 5.91 Å². The molecule has 3 N–H and O–H groups in total. The van der Waals surface area contributed by atoms with Crippen molar-refractivity contribution in [2.24, 2.45) is 5.73 Å². The number of carbonyl (C=O) groups excluding carboxylic acids is 1. The third-order valence-corrected chi connectivity index (χ3v) is 3.29. The Balaban J connectivity index is 1.86. The van der Waals surface area contributed by atoms with E-state index in [0.29, 0.717) is 13.2 Å². The number of primary amides is 1. The van der Waals surface area contributed by atoms with Crippen molar-refractivity contribution in [1.82, 2.24) is 4.98 Å². The Morgan fingerprint density at radius 2 is 2.39 bits per heavy atom. The highest BCUT2D eigenvalue weighted by Crippen LogP contribution is 2.26. The normalized spacial score (nSPS) is 10.7. The maximum Gasteiger partial charge on any atom is 0.243 e. The molecule has 2 aromatic rings. The third kappa shape index (κ3) is 3.41. The van der Waals surface area contributed by atoms with Crippen LogP contribution in [0.3, 0.4) is 0 Å². The number of fused-ring (bicyclic) bond motifs is 1. The van der Waals surface area contributed by atoms with Crippen molar-refractivity contribution in [3.05, 3.63) is 23.8 Å². The van der Waals surface area contributed by atoms with Gasteiger partial charge in [-0.05, 0) is 24.6 Å². The van der Waals surface area contributed by atoms with Crippen molar-refractivity contribution in [1.29, 1.82) is 0 Å². The summed E-state index contributed by atoms with van der Waals surface area (Å²) in [4.78, 5) is 14.9. The molecule has 1 aromatic carbocycles. The first-order valence-corrected chi connectivity index (χ1v) is 6.44. The molecule has 0 spiro atoms. The maximum absolute atomic E-state index is 10.4. The van der Waals surface area contributed by atoms with Crippen LogP contribution in [-0.2, 0) is 9.53 Å². The van der Waals surface area contributed by atoms with E-state index in [2.05, 4.69) is 23.3 Å². The molecule has 6 heteroatoms. The van der Waals surface area contributed by atoms with Crippen molar-refractivity contribution >= 4 is 32.6 Å². The number of aromatic nitrogens is 1. The van der Waals surface area contributed by atoms with Crippen LogP contribution in [0.15, 0.2) is 18.2 Å². The molecule has 0 atom stereocenters. The molecule has 18 heavy (non-hydrogen) atoms. The van der Waals surface area contributed by atoms with Crippen LogP contribution in [0.5, 0.6) is 0 Å². The molecule has 0 fully saturated rings. The summed E-state index contributed by atoms with van der Waals surface area (Å²) in [5.41, 5.74) is 7.17. The lowest BCUT2D eigenvalue weighted by molar-refractivity contribution is -0.122. The molecule has 1 aromatic heterocycles. The number of rotatable bonds is 6. The monoisotopic (exact) mass is 265 g/mol. The highest BCUT2D eigenvalue weighted by Gasteiger charge is 2.03. The van der Waals surface area contributed by atoms with E-state index in [1.54, 1.807) is 11.3 Å². The summed E-state index contributed by atoms with van der Waals surface area (Å²) in [6.07, 6.45) is 0. The van der Waals surface area contributed by atoms with Crippen LogP contribution < -0.4 is 11.1 Å². The van der Waals surface area contributed by atoms with Gasteiger partial charge in [0.1, 0.15) is 6.61 Å². The van der Waals surface area contributed by atoms with E-state index in [4.69, 9.17) is 10.5 Å². The van der Waals surface area contributed by atoms with E-state index < -0.39 is 5.91 Å². The number of carbonyl (C=O) groups is 1. The topological polar surface area (TPSA) is 77.2 Å². The molecule has 1 amide bonds. The van der Waals surface area contributed by atoms with Crippen molar-refractivity contribution in [2.75, 3.05) is 25.1 Å². The Labute approximate surface area is 109 Å². The van der Waals surface area contributed by atoms with E-state index in [0.717, 1.165) is 15.3 Å². The van der Waals surface area contributed by atoms with Gasteiger partial charge in [-0.15, -0.1) is 0 Å². The lowest BCUT2D eigenvalue weighted by Gasteiger charge is -2.02. The van der Waals surface area contributed by atoms with Crippen LogP contribution in [0.2, 0.25) is 0 Å². The summed E-state index contributed by atoms with van der Waals surface area (Å²) in [5, 5.41) is 4.02. The Bertz CT molecular complexity index is 553. The van der Waals surface area contributed by atoms with Gasteiger partial charge >= 0.3 is 0 Å². The van der Waals surface area contributed by atoms with Crippen molar-refractivity contribution in [2.45, 2.75) is 6.92 Å². The molecule has 96 valence electrons. The second kappa shape index (κ2) is 5.79. The smallest absolute Gasteiger partial charge is 0.243 e. The fraction of sp³-hybridized carbons (Fsp3) is 0.333.